The first-order valence-electron chi connectivity index (χ1n) is 7.27. The molecule has 106 valence electrons. The number of nitrogens with zero attached hydrogens (tertiary/aromatic N) is 1. The van der Waals surface area contributed by atoms with E-state index in [-0.39, 0.29) is 0 Å². The molecule has 20 heavy (non-hydrogen) atoms. The second-order valence-corrected chi connectivity index (χ2v) is 5.41. The summed E-state index contributed by atoms with van der Waals surface area (Å²) in [5.74, 6) is 0. The molecule has 0 aromatic heterocycles. The van der Waals surface area contributed by atoms with Gasteiger partial charge in [0, 0.05) is 13.1 Å². The number of rotatable bonds is 5. The predicted octanol–water partition coefficient (Wildman–Crippen LogP) is 4.30. The topological polar surface area (TPSA) is 29.3 Å². The van der Waals surface area contributed by atoms with E-state index < -0.39 is 0 Å². The van der Waals surface area contributed by atoms with Crippen molar-refractivity contribution in [3.63, 3.8) is 0 Å². The van der Waals surface area contributed by atoms with Crippen LogP contribution in [0.15, 0.2) is 42.5 Å². The Labute approximate surface area is 122 Å². The average molecular weight is 268 g/mol. The Balaban J connectivity index is 2.30. The van der Waals surface area contributed by atoms with E-state index in [9.17, 15) is 0 Å². The highest BCUT2D eigenvalue weighted by Crippen LogP contribution is 2.25. The molecule has 0 saturated carbocycles. The highest BCUT2D eigenvalue weighted by atomic mass is 15.1. The van der Waals surface area contributed by atoms with Gasteiger partial charge in [-0.1, -0.05) is 42.8 Å². The van der Waals surface area contributed by atoms with Crippen molar-refractivity contribution in [2.45, 2.75) is 33.7 Å². The van der Waals surface area contributed by atoms with E-state index in [1.54, 1.807) is 0 Å². The zero-order valence-corrected chi connectivity index (χ0v) is 12.7. The maximum atomic E-state index is 6.13. The van der Waals surface area contributed by atoms with Crippen LogP contribution in [0.4, 0.5) is 11.4 Å². The maximum Gasteiger partial charge on any atom is 0.0602 e. The van der Waals surface area contributed by atoms with Gasteiger partial charge in [0.25, 0.3) is 0 Å². The molecule has 0 saturated heterocycles. The highest BCUT2D eigenvalue weighted by molar-refractivity contribution is 5.67. The number of para-hydroxylation sites is 2. The summed E-state index contributed by atoms with van der Waals surface area (Å²) in [5, 5.41) is 0. The van der Waals surface area contributed by atoms with Crippen LogP contribution in [0.5, 0.6) is 0 Å². The lowest BCUT2D eigenvalue weighted by atomic mass is 10.0. The molecular formula is C18H24N2. The molecule has 0 radical (unpaired) electrons. The van der Waals surface area contributed by atoms with E-state index >= 15 is 0 Å². The zero-order valence-electron chi connectivity index (χ0n) is 12.7. The van der Waals surface area contributed by atoms with E-state index in [4.69, 9.17) is 5.73 Å². The molecule has 2 aromatic carbocycles. The second kappa shape index (κ2) is 6.47. The Kier molecular flexibility index (Phi) is 4.67. The van der Waals surface area contributed by atoms with E-state index in [0.29, 0.717) is 0 Å². The van der Waals surface area contributed by atoms with E-state index in [1.165, 1.54) is 16.7 Å². The lowest BCUT2D eigenvalue weighted by Crippen LogP contribution is -2.24. The Morgan fingerprint density at radius 3 is 2.50 bits per heavy atom. The molecule has 0 bridgehead atoms. The van der Waals surface area contributed by atoms with Gasteiger partial charge in [0.05, 0.1) is 11.4 Å². The Hall–Kier alpha value is -1.96. The van der Waals surface area contributed by atoms with Crippen LogP contribution < -0.4 is 10.6 Å². The molecule has 0 unspecified atom stereocenters. The SMILES string of the molecule is CCCN(Cc1cc(C)ccc1C)c1ccccc1N. The summed E-state index contributed by atoms with van der Waals surface area (Å²) in [5.41, 5.74) is 12.1. The number of benzene rings is 2. The van der Waals surface area contributed by atoms with Crippen LogP contribution in [0.2, 0.25) is 0 Å². The fourth-order valence-corrected chi connectivity index (χ4v) is 2.51. The standard InChI is InChI=1S/C18H24N2/c1-4-11-20(18-8-6-5-7-17(18)19)13-16-12-14(2)9-10-15(16)3/h5-10,12H,4,11,13,19H2,1-3H3. The normalized spacial score (nSPS) is 10.6. The van der Waals surface area contributed by atoms with Crippen LogP contribution in [0.25, 0.3) is 0 Å². The molecule has 0 aliphatic carbocycles. The molecule has 2 nitrogen and oxygen atoms in total. The van der Waals surface area contributed by atoms with Crippen LogP contribution in [0.3, 0.4) is 0 Å². The van der Waals surface area contributed by atoms with Crippen LogP contribution in [0, 0.1) is 13.8 Å². The van der Waals surface area contributed by atoms with Crippen molar-refractivity contribution in [2.75, 3.05) is 17.2 Å². The summed E-state index contributed by atoms with van der Waals surface area (Å²) in [7, 11) is 0. The molecule has 0 heterocycles. The Bertz CT molecular complexity index is 575. The van der Waals surface area contributed by atoms with Gasteiger partial charge in [-0.15, -0.1) is 0 Å². The van der Waals surface area contributed by atoms with Crippen LogP contribution in [-0.2, 0) is 6.54 Å². The molecule has 0 atom stereocenters. The minimum atomic E-state index is 0.853. The molecule has 0 spiro atoms. The van der Waals surface area contributed by atoms with Crippen LogP contribution in [0.1, 0.15) is 30.0 Å². The minimum Gasteiger partial charge on any atom is -0.397 e. The summed E-state index contributed by atoms with van der Waals surface area (Å²) < 4.78 is 0. The molecule has 2 aromatic rings. The molecule has 2 heteroatoms. The summed E-state index contributed by atoms with van der Waals surface area (Å²) >= 11 is 0. The number of anilines is 2. The maximum absolute atomic E-state index is 6.13. The first kappa shape index (κ1) is 14.4. The Morgan fingerprint density at radius 2 is 1.80 bits per heavy atom. The highest BCUT2D eigenvalue weighted by Gasteiger charge is 2.10. The summed E-state index contributed by atoms with van der Waals surface area (Å²) in [6, 6.07) is 14.8. The van der Waals surface area contributed by atoms with Gasteiger partial charge in [-0.25, -0.2) is 0 Å². The summed E-state index contributed by atoms with van der Waals surface area (Å²) in [4.78, 5) is 2.37. The molecule has 2 rings (SSSR count). The molecule has 0 amide bonds. The van der Waals surface area contributed by atoms with Crippen molar-refractivity contribution in [1.29, 1.82) is 0 Å². The van der Waals surface area contributed by atoms with Gasteiger partial charge in [0.15, 0.2) is 0 Å². The molecular weight excluding hydrogens is 244 g/mol. The van der Waals surface area contributed by atoms with Crippen LogP contribution >= 0.6 is 0 Å². The number of nitrogen functional groups attached to an aromatic ring is 1. The third-order valence-corrected chi connectivity index (χ3v) is 3.64. The van der Waals surface area contributed by atoms with Crippen LogP contribution in [-0.4, -0.2) is 6.54 Å². The van der Waals surface area contributed by atoms with Gasteiger partial charge in [0.1, 0.15) is 0 Å². The Morgan fingerprint density at radius 1 is 1.05 bits per heavy atom. The number of hydrogen-bond acceptors (Lipinski definition) is 2. The van der Waals surface area contributed by atoms with Crippen molar-refractivity contribution in [2.24, 2.45) is 0 Å². The van der Waals surface area contributed by atoms with Crippen molar-refractivity contribution in [3.05, 3.63) is 59.2 Å². The molecule has 0 aliphatic heterocycles. The smallest absolute Gasteiger partial charge is 0.0602 e. The molecule has 0 fully saturated rings. The van der Waals surface area contributed by atoms with Gasteiger partial charge in [-0.2, -0.15) is 0 Å². The average Bonchev–Trinajstić information content (AvgIpc) is 2.43. The molecule has 0 aliphatic rings. The van der Waals surface area contributed by atoms with Gasteiger partial charge >= 0.3 is 0 Å². The minimum absolute atomic E-state index is 0.853. The predicted molar refractivity (Wildman–Crippen MR) is 88.1 cm³/mol. The van der Waals surface area contributed by atoms with E-state index in [2.05, 4.69) is 56.0 Å². The van der Waals surface area contributed by atoms with Gasteiger partial charge in [-0.05, 0) is 43.5 Å². The first-order chi connectivity index (χ1) is 9.61. The van der Waals surface area contributed by atoms with Crippen molar-refractivity contribution < 1.29 is 0 Å². The fourth-order valence-electron chi connectivity index (χ4n) is 2.51. The second-order valence-electron chi connectivity index (χ2n) is 5.41. The zero-order chi connectivity index (χ0) is 14.5. The summed E-state index contributed by atoms with van der Waals surface area (Å²) in [6.07, 6.45) is 1.11. The third-order valence-electron chi connectivity index (χ3n) is 3.64. The van der Waals surface area contributed by atoms with E-state index in [1.807, 2.05) is 12.1 Å². The lowest BCUT2D eigenvalue weighted by Gasteiger charge is -2.26. The number of hydrogen-bond donors (Lipinski definition) is 1. The first-order valence-corrected chi connectivity index (χ1v) is 7.27. The number of nitrogens with two attached hydrogens (primary N) is 1. The summed E-state index contributed by atoms with van der Waals surface area (Å²) in [6.45, 7) is 8.45. The lowest BCUT2D eigenvalue weighted by molar-refractivity contribution is 0.765. The quantitative estimate of drug-likeness (QED) is 0.819. The third kappa shape index (κ3) is 3.32. The van der Waals surface area contributed by atoms with Gasteiger partial charge in [-0.3, -0.25) is 0 Å². The van der Waals surface area contributed by atoms with Gasteiger partial charge in [0.2, 0.25) is 0 Å². The van der Waals surface area contributed by atoms with Gasteiger partial charge < -0.3 is 10.6 Å². The van der Waals surface area contributed by atoms with E-state index in [0.717, 1.165) is 30.9 Å². The number of aryl methyl sites for hydroxylation is 2. The van der Waals surface area contributed by atoms with Crippen molar-refractivity contribution >= 4 is 11.4 Å². The monoisotopic (exact) mass is 268 g/mol. The fraction of sp³-hybridized carbons (Fsp3) is 0.333. The largest absolute Gasteiger partial charge is 0.397 e. The van der Waals surface area contributed by atoms with Crippen molar-refractivity contribution in [3.8, 4) is 0 Å². The van der Waals surface area contributed by atoms with Crippen molar-refractivity contribution in [1.82, 2.24) is 0 Å². The molecule has 2 N–H and O–H groups in total.